The predicted molar refractivity (Wildman–Crippen MR) is 59.8 cm³/mol. The van der Waals surface area contributed by atoms with Crippen molar-refractivity contribution in [3.8, 4) is 0 Å². The van der Waals surface area contributed by atoms with Gasteiger partial charge in [-0.25, -0.2) is 4.98 Å². The molecular formula is C12H13NO3. The van der Waals surface area contributed by atoms with Crippen LogP contribution in [0.2, 0.25) is 0 Å². The van der Waals surface area contributed by atoms with Crippen molar-refractivity contribution in [1.29, 1.82) is 0 Å². The van der Waals surface area contributed by atoms with Gasteiger partial charge in [-0.05, 0) is 12.1 Å². The van der Waals surface area contributed by atoms with Gasteiger partial charge in [0, 0.05) is 5.39 Å². The zero-order chi connectivity index (χ0) is 11.5. The molecule has 0 amide bonds. The lowest BCUT2D eigenvalue weighted by molar-refractivity contribution is -0.0171. The van der Waals surface area contributed by atoms with E-state index >= 15 is 0 Å². The smallest absolute Gasteiger partial charge is 0.124 e. The molecule has 0 fully saturated rings. The lowest BCUT2D eigenvalue weighted by Gasteiger charge is -2.15. The van der Waals surface area contributed by atoms with Gasteiger partial charge in [-0.3, -0.25) is 0 Å². The Morgan fingerprint density at radius 2 is 1.81 bits per heavy atom. The summed E-state index contributed by atoms with van der Waals surface area (Å²) in [6, 6.07) is 11.0. The summed E-state index contributed by atoms with van der Waals surface area (Å²) >= 11 is 0. The molecule has 4 nitrogen and oxygen atoms in total. The molecule has 2 atom stereocenters. The molecule has 2 rings (SSSR count). The normalized spacial score (nSPS) is 14.9. The van der Waals surface area contributed by atoms with E-state index in [1.807, 2.05) is 30.3 Å². The third-order valence-corrected chi connectivity index (χ3v) is 2.47. The molecule has 84 valence electrons. The maximum Gasteiger partial charge on any atom is 0.124 e. The Bertz CT molecular complexity index is 486. The fourth-order valence-corrected chi connectivity index (χ4v) is 1.54. The number of hydrogen-bond donors (Lipinski definition) is 3. The van der Waals surface area contributed by atoms with Gasteiger partial charge < -0.3 is 15.3 Å². The summed E-state index contributed by atoms with van der Waals surface area (Å²) in [7, 11) is 0. The zero-order valence-corrected chi connectivity index (χ0v) is 8.61. The largest absolute Gasteiger partial charge is 0.394 e. The second kappa shape index (κ2) is 4.57. The van der Waals surface area contributed by atoms with E-state index in [1.54, 1.807) is 6.07 Å². The van der Waals surface area contributed by atoms with Gasteiger partial charge in [0.05, 0.1) is 17.8 Å². The number of aliphatic hydroxyl groups is 3. The number of benzene rings is 1. The van der Waals surface area contributed by atoms with Crippen molar-refractivity contribution in [2.75, 3.05) is 6.61 Å². The Hall–Kier alpha value is -1.49. The molecule has 16 heavy (non-hydrogen) atoms. The fourth-order valence-electron chi connectivity index (χ4n) is 1.54. The van der Waals surface area contributed by atoms with E-state index in [9.17, 15) is 10.2 Å². The summed E-state index contributed by atoms with van der Waals surface area (Å²) in [5, 5.41) is 28.7. The van der Waals surface area contributed by atoms with E-state index in [0.29, 0.717) is 5.69 Å². The van der Waals surface area contributed by atoms with Crippen molar-refractivity contribution in [2.24, 2.45) is 0 Å². The number of aromatic nitrogens is 1. The topological polar surface area (TPSA) is 73.6 Å². The first-order chi connectivity index (χ1) is 7.72. The van der Waals surface area contributed by atoms with Crippen molar-refractivity contribution in [2.45, 2.75) is 12.2 Å². The standard InChI is InChI=1S/C12H13NO3/c14-7-11(15)12(16)10-6-5-8-3-1-2-4-9(8)13-10/h1-6,11-12,14-16H,7H2. The molecule has 4 heteroatoms. The summed E-state index contributed by atoms with van der Waals surface area (Å²) in [4.78, 5) is 4.22. The van der Waals surface area contributed by atoms with Gasteiger partial charge >= 0.3 is 0 Å². The minimum Gasteiger partial charge on any atom is -0.394 e. The number of fused-ring (bicyclic) bond motifs is 1. The lowest BCUT2D eigenvalue weighted by Crippen LogP contribution is -2.22. The van der Waals surface area contributed by atoms with E-state index in [4.69, 9.17) is 5.11 Å². The number of pyridine rings is 1. The van der Waals surface area contributed by atoms with Gasteiger partial charge in [-0.15, -0.1) is 0 Å². The van der Waals surface area contributed by atoms with Crippen LogP contribution in [0.5, 0.6) is 0 Å². The lowest BCUT2D eigenvalue weighted by atomic mass is 10.1. The third kappa shape index (κ3) is 2.04. The minimum atomic E-state index is -1.20. The van der Waals surface area contributed by atoms with Crippen LogP contribution in [0.3, 0.4) is 0 Å². The highest BCUT2D eigenvalue weighted by Crippen LogP contribution is 2.18. The number of para-hydroxylation sites is 1. The van der Waals surface area contributed by atoms with E-state index < -0.39 is 18.8 Å². The highest BCUT2D eigenvalue weighted by atomic mass is 16.4. The quantitative estimate of drug-likeness (QED) is 0.707. The van der Waals surface area contributed by atoms with E-state index in [1.165, 1.54) is 0 Å². The molecule has 2 aromatic rings. The summed E-state index contributed by atoms with van der Waals surface area (Å²) < 4.78 is 0. The van der Waals surface area contributed by atoms with Crippen LogP contribution in [0.4, 0.5) is 0 Å². The number of nitrogens with zero attached hydrogens (tertiary/aromatic N) is 1. The van der Waals surface area contributed by atoms with E-state index in [0.717, 1.165) is 10.9 Å². The summed E-state index contributed by atoms with van der Waals surface area (Å²) in [5.74, 6) is 0. The van der Waals surface area contributed by atoms with Crippen molar-refractivity contribution in [3.63, 3.8) is 0 Å². The SMILES string of the molecule is OCC(O)C(O)c1ccc2ccccc2n1. The average Bonchev–Trinajstić information content (AvgIpc) is 2.36. The molecule has 0 spiro atoms. The van der Waals surface area contributed by atoms with Crippen LogP contribution < -0.4 is 0 Å². The van der Waals surface area contributed by atoms with Gasteiger partial charge in [0.15, 0.2) is 0 Å². The highest BCUT2D eigenvalue weighted by Gasteiger charge is 2.18. The monoisotopic (exact) mass is 219 g/mol. The predicted octanol–water partition coefficient (Wildman–Crippen LogP) is 0.621. The van der Waals surface area contributed by atoms with Gasteiger partial charge in [0.2, 0.25) is 0 Å². The van der Waals surface area contributed by atoms with Crippen molar-refractivity contribution in [3.05, 3.63) is 42.1 Å². The van der Waals surface area contributed by atoms with Crippen molar-refractivity contribution >= 4 is 10.9 Å². The van der Waals surface area contributed by atoms with Gasteiger partial charge in [0.25, 0.3) is 0 Å². The van der Waals surface area contributed by atoms with E-state index in [-0.39, 0.29) is 0 Å². The molecule has 2 unspecified atom stereocenters. The minimum absolute atomic E-state index is 0.361. The Kier molecular flexibility index (Phi) is 3.14. The highest BCUT2D eigenvalue weighted by molar-refractivity contribution is 5.78. The third-order valence-electron chi connectivity index (χ3n) is 2.47. The van der Waals surface area contributed by atoms with Crippen molar-refractivity contribution in [1.82, 2.24) is 4.98 Å². The fraction of sp³-hybridized carbons (Fsp3) is 0.250. The maximum atomic E-state index is 9.68. The molecular weight excluding hydrogens is 206 g/mol. The second-order valence-electron chi connectivity index (χ2n) is 3.62. The molecule has 1 aromatic heterocycles. The Morgan fingerprint density at radius 1 is 1.06 bits per heavy atom. The van der Waals surface area contributed by atoms with Gasteiger partial charge in [0.1, 0.15) is 12.2 Å². The number of hydrogen-bond acceptors (Lipinski definition) is 4. The molecule has 0 aliphatic carbocycles. The molecule has 0 saturated heterocycles. The average molecular weight is 219 g/mol. The van der Waals surface area contributed by atoms with Crippen LogP contribution in [0.1, 0.15) is 11.8 Å². The zero-order valence-electron chi connectivity index (χ0n) is 8.61. The molecule has 3 N–H and O–H groups in total. The first-order valence-electron chi connectivity index (χ1n) is 5.05. The second-order valence-corrected chi connectivity index (χ2v) is 3.62. The molecule has 0 saturated carbocycles. The van der Waals surface area contributed by atoms with Crippen LogP contribution in [-0.4, -0.2) is 33.0 Å². The number of aliphatic hydroxyl groups excluding tert-OH is 3. The van der Waals surface area contributed by atoms with Crippen LogP contribution in [0.25, 0.3) is 10.9 Å². The number of rotatable bonds is 3. The summed E-state index contributed by atoms with van der Waals surface area (Å²) in [6.07, 6.45) is -2.36. The molecule has 0 aliphatic rings. The first-order valence-corrected chi connectivity index (χ1v) is 5.05. The van der Waals surface area contributed by atoms with Gasteiger partial charge in [-0.2, -0.15) is 0 Å². The molecule has 0 bridgehead atoms. The van der Waals surface area contributed by atoms with Crippen LogP contribution >= 0.6 is 0 Å². The van der Waals surface area contributed by atoms with Crippen molar-refractivity contribution < 1.29 is 15.3 Å². The molecule has 0 radical (unpaired) electrons. The summed E-state index contributed by atoms with van der Waals surface area (Å²) in [6.45, 7) is -0.490. The van der Waals surface area contributed by atoms with Crippen LogP contribution in [-0.2, 0) is 0 Å². The summed E-state index contributed by atoms with van der Waals surface area (Å²) in [5.41, 5.74) is 1.12. The van der Waals surface area contributed by atoms with Gasteiger partial charge in [-0.1, -0.05) is 24.3 Å². The Balaban J connectivity index is 2.39. The maximum absolute atomic E-state index is 9.68. The van der Waals surface area contributed by atoms with Crippen LogP contribution in [0, 0.1) is 0 Å². The first kappa shape index (κ1) is 11.0. The molecule has 0 aliphatic heterocycles. The Morgan fingerprint density at radius 3 is 2.56 bits per heavy atom. The Labute approximate surface area is 92.8 Å². The van der Waals surface area contributed by atoms with Crippen LogP contribution in [0.15, 0.2) is 36.4 Å². The molecule has 1 aromatic carbocycles. The van der Waals surface area contributed by atoms with E-state index in [2.05, 4.69) is 4.98 Å². The molecule has 1 heterocycles.